The molecule has 0 aliphatic carbocycles. The Balaban J connectivity index is 1.60. The first-order valence-electron chi connectivity index (χ1n) is 10.5. The summed E-state index contributed by atoms with van der Waals surface area (Å²) in [6, 6.07) is 18.5. The second-order valence-electron chi connectivity index (χ2n) is 7.92. The Bertz CT molecular complexity index is 1270. The first-order chi connectivity index (χ1) is 15.9. The summed E-state index contributed by atoms with van der Waals surface area (Å²) in [6.07, 6.45) is 1.63. The Morgan fingerprint density at radius 3 is 2.33 bits per heavy atom. The lowest BCUT2D eigenvalue weighted by Gasteiger charge is -2.11. The summed E-state index contributed by atoms with van der Waals surface area (Å²) in [4.78, 5) is 0. The van der Waals surface area contributed by atoms with E-state index in [1.807, 2.05) is 50.2 Å². The Hall–Kier alpha value is -3.21. The van der Waals surface area contributed by atoms with E-state index in [2.05, 4.69) is 11.7 Å². The van der Waals surface area contributed by atoms with Crippen LogP contribution in [-0.4, -0.2) is 10.3 Å². The van der Waals surface area contributed by atoms with Gasteiger partial charge in [-0.2, -0.15) is 0 Å². The molecule has 1 N–H and O–H groups in total. The second kappa shape index (κ2) is 9.74. The molecule has 0 fully saturated rings. The molecule has 0 radical (unpaired) electrons. The number of halogens is 2. The smallest absolute Gasteiger partial charge is 0.146 e. The number of aromatic hydroxyl groups is 1. The van der Waals surface area contributed by atoms with E-state index in [9.17, 15) is 5.11 Å². The number of nitrogens with zero attached hydrogens (tertiary/aromatic N) is 1. The van der Waals surface area contributed by atoms with Crippen molar-refractivity contribution >= 4 is 29.3 Å². The maximum absolute atomic E-state index is 9.87. The minimum absolute atomic E-state index is 0.113. The van der Waals surface area contributed by atoms with Crippen LogP contribution in [0, 0.1) is 0 Å². The van der Waals surface area contributed by atoms with E-state index in [1.165, 1.54) is 0 Å². The Morgan fingerprint density at radius 2 is 1.70 bits per heavy atom. The van der Waals surface area contributed by atoms with Crippen LogP contribution in [0.4, 0.5) is 0 Å². The average molecular weight is 480 g/mol. The summed E-state index contributed by atoms with van der Waals surface area (Å²) in [5, 5.41) is 15.1. The number of phenols is 1. The van der Waals surface area contributed by atoms with Gasteiger partial charge in [0.15, 0.2) is 0 Å². The molecule has 0 unspecified atom stereocenters. The molecule has 0 spiro atoms. The molecule has 0 aliphatic heterocycles. The average Bonchev–Trinajstić information content (AvgIpc) is 3.22. The zero-order valence-electron chi connectivity index (χ0n) is 18.3. The van der Waals surface area contributed by atoms with E-state index in [0.29, 0.717) is 32.6 Å². The standard InChI is InChI=1S/C27H23Cl2NO3/c1-4-17-14-19(10-13-24(17)31)18-8-11-20(12-9-18)32-15-21-26(30-33-27(21)16(2)3)25-22(28)6-5-7-23(25)29/h4-14,16,31H,1,15H2,2-3H3. The molecule has 0 bridgehead atoms. The van der Waals surface area contributed by atoms with E-state index in [4.69, 9.17) is 32.5 Å². The molecule has 33 heavy (non-hydrogen) atoms. The molecule has 4 aromatic rings. The number of ether oxygens (including phenoxy) is 1. The Kier molecular flexibility index (Phi) is 6.77. The number of rotatable bonds is 7. The fraction of sp³-hybridized carbons (Fsp3) is 0.148. The molecule has 1 heterocycles. The molecule has 0 amide bonds. The summed E-state index contributed by atoms with van der Waals surface area (Å²) in [5.74, 6) is 1.76. The van der Waals surface area contributed by atoms with Crippen molar-refractivity contribution in [1.82, 2.24) is 5.16 Å². The number of hydrogen-bond donors (Lipinski definition) is 1. The van der Waals surface area contributed by atoms with Crippen molar-refractivity contribution in [3.8, 4) is 33.9 Å². The third kappa shape index (κ3) is 4.77. The van der Waals surface area contributed by atoms with E-state index in [-0.39, 0.29) is 18.3 Å². The minimum Gasteiger partial charge on any atom is -0.507 e. The van der Waals surface area contributed by atoms with E-state index >= 15 is 0 Å². The van der Waals surface area contributed by atoms with Crippen LogP contribution in [0.2, 0.25) is 10.0 Å². The van der Waals surface area contributed by atoms with Gasteiger partial charge in [-0.25, -0.2) is 0 Å². The van der Waals surface area contributed by atoms with Crippen LogP contribution >= 0.6 is 23.2 Å². The van der Waals surface area contributed by atoms with E-state index < -0.39 is 0 Å². The molecular formula is C27H23Cl2NO3. The highest BCUT2D eigenvalue weighted by Crippen LogP contribution is 2.39. The van der Waals surface area contributed by atoms with Gasteiger partial charge in [-0.3, -0.25) is 0 Å². The van der Waals surface area contributed by atoms with Gasteiger partial charge in [0.1, 0.15) is 29.6 Å². The van der Waals surface area contributed by atoms with Crippen LogP contribution in [0.1, 0.15) is 36.7 Å². The molecule has 0 aliphatic rings. The second-order valence-corrected chi connectivity index (χ2v) is 8.73. The van der Waals surface area contributed by atoms with Crippen LogP contribution in [0.3, 0.4) is 0 Å². The van der Waals surface area contributed by atoms with Gasteiger partial charge < -0.3 is 14.4 Å². The number of hydrogen-bond acceptors (Lipinski definition) is 4. The van der Waals surface area contributed by atoms with Gasteiger partial charge in [-0.1, -0.05) is 79.1 Å². The first kappa shape index (κ1) is 23.0. The lowest BCUT2D eigenvalue weighted by molar-refractivity contribution is 0.298. The zero-order chi connectivity index (χ0) is 23.5. The fourth-order valence-corrected chi connectivity index (χ4v) is 4.21. The van der Waals surface area contributed by atoms with E-state index in [0.717, 1.165) is 22.5 Å². The molecule has 0 saturated carbocycles. The van der Waals surface area contributed by atoms with E-state index in [1.54, 1.807) is 30.3 Å². The molecule has 1 aromatic heterocycles. The largest absolute Gasteiger partial charge is 0.507 e. The van der Waals surface area contributed by atoms with Crippen LogP contribution < -0.4 is 4.74 Å². The quantitative estimate of drug-likeness (QED) is 0.289. The number of aromatic nitrogens is 1. The maximum atomic E-state index is 9.87. The van der Waals surface area contributed by atoms with Crippen LogP contribution in [0.25, 0.3) is 28.5 Å². The maximum Gasteiger partial charge on any atom is 0.146 e. The van der Waals surface area contributed by atoms with Gasteiger partial charge in [0.05, 0.1) is 15.6 Å². The topological polar surface area (TPSA) is 55.5 Å². The van der Waals surface area contributed by atoms with Crippen molar-refractivity contribution in [2.75, 3.05) is 0 Å². The van der Waals surface area contributed by atoms with Gasteiger partial charge in [-0.05, 0) is 47.5 Å². The normalized spacial score (nSPS) is 11.1. The SMILES string of the molecule is C=Cc1cc(-c2ccc(OCc3c(-c4c(Cl)cccc4Cl)noc3C(C)C)cc2)ccc1O. The molecule has 3 aromatic carbocycles. The predicted octanol–water partition coefficient (Wildman–Crippen LogP) is 8.37. The number of benzene rings is 3. The fourth-order valence-electron chi connectivity index (χ4n) is 3.63. The molecule has 4 nitrogen and oxygen atoms in total. The van der Waals surface area contributed by atoms with Crippen molar-refractivity contribution in [3.63, 3.8) is 0 Å². The summed E-state index contributed by atoms with van der Waals surface area (Å²) >= 11 is 12.8. The molecule has 168 valence electrons. The van der Waals surface area contributed by atoms with Gasteiger partial charge in [0.2, 0.25) is 0 Å². The Morgan fingerprint density at radius 1 is 1.03 bits per heavy atom. The van der Waals surface area contributed by atoms with Crippen molar-refractivity contribution in [1.29, 1.82) is 0 Å². The van der Waals surface area contributed by atoms with Gasteiger partial charge in [0.25, 0.3) is 0 Å². The predicted molar refractivity (Wildman–Crippen MR) is 134 cm³/mol. The van der Waals surface area contributed by atoms with Crippen molar-refractivity contribution in [3.05, 3.63) is 94.2 Å². The highest BCUT2D eigenvalue weighted by molar-refractivity contribution is 6.39. The minimum atomic E-state index is 0.113. The number of phenolic OH excluding ortho intramolecular Hbond substituents is 1. The van der Waals surface area contributed by atoms with Gasteiger partial charge in [0, 0.05) is 17.0 Å². The summed E-state index contributed by atoms with van der Waals surface area (Å²) in [7, 11) is 0. The summed E-state index contributed by atoms with van der Waals surface area (Å²) in [5.41, 5.74) is 4.71. The highest BCUT2D eigenvalue weighted by atomic mass is 35.5. The first-order valence-corrected chi connectivity index (χ1v) is 11.3. The Labute approximate surface area is 203 Å². The summed E-state index contributed by atoms with van der Waals surface area (Å²) in [6.45, 7) is 8.06. The summed E-state index contributed by atoms with van der Waals surface area (Å²) < 4.78 is 11.7. The highest BCUT2D eigenvalue weighted by Gasteiger charge is 2.23. The van der Waals surface area contributed by atoms with Gasteiger partial charge >= 0.3 is 0 Å². The van der Waals surface area contributed by atoms with Crippen LogP contribution in [-0.2, 0) is 6.61 Å². The molecular weight excluding hydrogens is 457 g/mol. The molecule has 4 rings (SSSR count). The zero-order valence-corrected chi connectivity index (χ0v) is 19.8. The van der Waals surface area contributed by atoms with Crippen molar-refractivity contribution < 1.29 is 14.4 Å². The third-order valence-electron chi connectivity index (χ3n) is 5.36. The van der Waals surface area contributed by atoms with Gasteiger partial charge in [-0.15, -0.1) is 0 Å². The molecule has 6 heteroatoms. The van der Waals surface area contributed by atoms with Crippen LogP contribution in [0.5, 0.6) is 11.5 Å². The molecule has 0 saturated heterocycles. The third-order valence-corrected chi connectivity index (χ3v) is 5.99. The lowest BCUT2D eigenvalue weighted by atomic mass is 10.0. The molecule has 0 atom stereocenters. The van der Waals surface area contributed by atoms with Crippen molar-refractivity contribution in [2.45, 2.75) is 26.4 Å². The monoisotopic (exact) mass is 479 g/mol. The lowest BCUT2D eigenvalue weighted by Crippen LogP contribution is -2.01. The van der Waals surface area contributed by atoms with Crippen molar-refractivity contribution in [2.24, 2.45) is 0 Å². The van der Waals surface area contributed by atoms with Crippen LogP contribution in [0.15, 0.2) is 71.8 Å².